The van der Waals surface area contributed by atoms with Crippen molar-refractivity contribution < 1.29 is 17.6 Å². The number of sulfonamides is 1. The summed E-state index contributed by atoms with van der Waals surface area (Å²) in [5, 5.41) is 2.87. The number of para-hydroxylation sites is 1. The van der Waals surface area contributed by atoms with E-state index in [2.05, 4.69) is 5.32 Å². The first-order chi connectivity index (χ1) is 12.7. The summed E-state index contributed by atoms with van der Waals surface area (Å²) in [6.45, 7) is 3.70. The third-order valence-electron chi connectivity index (χ3n) is 4.32. The highest BCUT2D eigenvalue weighted by Gasteiger charge is 2.21. The SMILES string of the molecule is CCc1cccc(CC)c1NC(=O)CN(Cc1ccc(F)cc1)S(C)(=O)=O. The monoisotopic (exact) mass is 392 g/mol. The Bertz CT molecular complexity index is 874. The molecule has 0 spiro atoms. The second-order valence-corrected chi connectivity index (χ2v) is 8.35. The van der Waals surface area contributed by atoms with Gasteiger partial charge in [0, 0.05) is 12.2 Å². The van der Waals surface area contributed by atoms with Gasteiger partial charge in [0.2, 0.25) is 15.9 Å². The maximum atomic E-state index is 13.1. The molecule has 2 aromatic rings. The zero-order valence-corrected chi connectivity index (χ0v) is 16.6. The van der Waals surface area contributed by atoms with Crippen molar-refractivity contribution in [3.8, 4) is 0 Å². The summed E-state index contributed by atoms with van der Waals surface area (Å²) < 4.78 is 38.4. The number of hydrogen-bond donors (Lipinski definition) is 1. The third kappa shape index (κ3) is 5.87. The molecule has 0 aliphatic rings. The Morgan fingerprint density at radius 1 is 1.04 bits per heavy atom. The number of nitrogens with one attached hydrogen (secondary N) is 1. The fourth-order valence-electron chi connectivity index (χ4n) is 2.83. The Kier molecular flexibility index (Phi) is 7.10. The van der Waals surface area contributed by atoms with Gasteiger partial charge in [-0.25, -0.2) is 12.8 Å². The molecule has 1 amide bonds. The Labute approximate surface area is 160 Å². The molecular weight excluding hydrogens is 367 g/mol. The van der Waals surface area contributed by atoms with E-state index in [-0.39, 0.29) is 13.1 Å². The predicted octanol–water partition coefficient (Wildman–Crippen LogP) is 3.35. The molecule has 1 N–H and O–H groups in total. The number of amides is 1. The summed E-state index contributed by atoms with van der Waals surface area (Å²) in [5.41, 5.74) is 3.37. The Hall–Kier alpha value is -2.25. The molecule has 0 radical (unpaired) electrons. The van der Waals surface area contributed by atoms with Crippen LogP contribution < -0.4 is 5.32 Å². The molecule has 0 aliphatic heterocycles. The molecule has 0 heterocycles. The zero-order chi connectivity index (χ0) is 20.0. The van der Waals surface area contributed by atoms with E-state index in [9.17, 15) is 17.6 Å². The van der Waals surface area contributed by atoms with Crippen LogP contribution in [0, 0.1) is 5.82 Å². The Balaban J connectivity index is 2.19. The lowest BCUT2D eigenvalue weighted by atomic mass is 10.0. The van der Waals surface area contributed by atoms with E-state index in [1.807, 2.05) is 32.0 Å². The lowest BCUT2D eigenvalue weighted by Crippen LogP contribution is -2.37. The van der Waals surface area contributed by atoms with E-state index in [1.54, 1.807) is 0 Å². The molecule has 27 heavy (non-hydrogen) atoms. The Morgan fingerprint density at radius 3 is 2.07 bits per heavy atom. The van der Waals surface area contributed by atoms with Gasteiger partial charge in [-0.2, -0.15) is 4.31 Å². The molecule has 0 fully saturated rings. The average Bonchev–Trinajstić information content (AvgIpc) is 2.62. The number of nitrogens with zero attached hydrogens (tertiary/aromatic N) is 1. The van der Waals surface area contributed by atoms with E-state index >= 15 is 0 Å². The maximum Gasteiger partial charge on any atom is 0.239 e. The molecule has 0 aromatic heterocycles. The van der Waals surface area contributed by atoms with Crippen molar-refractivity contribution in [3.05, 3.63) is 65.0 Å². The van der Waals surface area contributed by atoms with Crippen LogP contribution in [-0.4, -0.2) is 31.4 Å². The minimum absolute atomic E-state index is 0.00257. The quantitative estimate of drug-likeness (QED) is 0.749. The van der Waals surface area contributed by atoms with Crippen LogP contribution in [0.1, 0.15) is 30.5 Å². The molecule has 0 aliphatic carbocycles. The maximum absolute atomic E-state index is 13.1. The molecule has 5 nitrogen and oxygen atoms in total. The molecule has 0 bridgehead atoms. The largest absolute Gasteiger partial charge is 0.324 e. The molecule has 2 aromatic carbocycles. The van der Waals surface area contributed by atoms with Crippen LogP contribution in [-0.2, 0) is 34.2 Å². The summed E-state index contributed by atoms with van der Waals surface area (Å²) in [4.78, 5) is 12.6. The van der Waals surface area contributed by atoms with Gasteiger partial charge in [-0.05, 0) is 41.7 Å². The minimum Gasteiger partial charge on any atom is -0.324 e. The van der Waals surface area contributed by atoms with E-state index in [0.29, 0.717) is 5.56 Å². The topological polar surface area (TPSA) is 66.5 Å². The highest BCUT2D eigenvalue weighted by Crippen LogP contribution is 2.22. The van der Waals surface area contributed by atoms with Crippen LogP contribution in [0.15, 0.2) is 42.5 Å². The molecular formula is C20H25FN2O3S. The standard InChI is InChI=1S/C20H25FN2O3S/c1-4-16-7-6-8-17(5-2)20(16)22-19(24)14-23(27(3,25)26)13-15-9-11-18(21)12-10-15/h6-12H,4-5,13-14H2,1-3H3,(H,22,24). The summed E-state index contributed by atoms with van der Waals surface area (Å²) in [6.07, 6.45) is 2.57. The summed E-state index contributed by atoms with van der Waals surface area (Å²) in [6, 6.07) is 11.4. The number of carbonyl (C=O) groups excluding carboxylic acids is 1. The number of hydrogen-bond acceptors (Lipinski definition) is 3. The normalized spacial score (nSPS) is 11.6. The van der Waals surface area contributed by atoms with Crippen LogP contribution in [0.5, 0.6) is 0 Å². The van der Waals surface area contributed by atoms with Crippen molar-refractivity contribution in [2.75, 3.05) is 18.1 Å². The van der Waals surface area contributed by atoms with Gasteiger partial charge >= 0.3 is 0 Å². The first-order valence-corrected chi connectivity index (χ1v) is 10.7. The number of halogens is 1. The highest BCUT2D eigenvalue weighted by molar-refractivity contribution is 7.88. The van der Waals surface area contributed by atoms with E-state index < -0.39 is 21.7 Å². The second-order valence-electron chi connectivity index (χ2n) is 6.36. The smallest absolute Gasteiger partial charge is 0.239 e. The van der Waals surface area contributed by atoms with Gasteiger partial charge in [-0.3, -0.25) is 4.79 Å². The highest BCUT2D eigenvalue weighted by atomic mass is 32.2. The van der Waals surface area contributed by atoms with Crippen molar-refractivity contribution in [1.82, 2.24) is 4.31 Å². The van der Waals surface area contributed by atoms with Crippen molar-refractivity contribution in [2.45, 2.75) is 33.2 Å². The summed E-state index contributed by atoms with van der Waals surface area (Å²) in [5.74, 6) is -0.802. The van der Waals surface area contributed by atoms with Crippen LogP contribution in [0.25, 0.3) is 0 Å². The second kappa shape index (κ2) is 9.10. The zero-order valence-electron chi connectivity index (χ0n) is 15.8. The lowest BCUT2D eigenvalue weighted by Gasteiger charge is -2.21. The first kappa shape index (κ1) is 21.1. The van der Waals surface area contributed by atoms with Crippen molar-refractivity contribution in [2.24, 2.45) is 0 Å². The molecule has 7 heteroatoms. The van der Waals surface area contributed by atoms with Crippen LogP contribution in [0.2, 0.25) is 0 Å². The summed E-state index contributed by atoms with van der Waals surface area (Å²) in [7, 11) is -3.61. The predicted molar refractivity (Wildman–Crippen MR) is 105 cm³/mol. The van der Waals surface area contributed by atoms with Crippen molar-refractivity contribution in [1.29, 1.82) is 0 Å². The van der Waals surface area contributed by atoms with Gasteiger partial charge in [0.05, 0.1) is 12.8 Å². The number of aryl methyl sites for hydroxylation is 2. The number of anilines is 1. The van der Waals surface area contributed by atoms with Gasteiger partial charge in [-0.1, -0.05) is 44.2 Å². The summed E-state index contributed by atoms with van der Waals surface area (Å²) >= 11 is 0. The van der Waals surface area contributed by atoms with Gasteiger partial charge in [0.25, 0.3) is 0 Å². The fourth-order valence-corrected chi connectivity index (χ4v) is 3.56. The van der Waals surface area contributed by atoms with Crippen LogP contribution in [0.4, 0.5) is 10.1 Å². The molecule has 0 saturated carbocycles. The number of rotatable bonds is 8. The lowest BCUT2D eigenvalue weighted by molar-refractivity contribution is -0.116. The third-order valence-corrected chi connectivity index (χ3v) is 5.52. The van der Waals surface area contributed by atoms with Crippen molar-refractivity contribution >= 4 is 21.6 Å². The average molecular weight is 392 g/mol. The minimum atomic E-state index is -3.61. The molecule has 0 atom stereocenters. The van der Waals surface area contributed by atoms with Crippen molar-refractivity contribution in [3.63, 3.8) is 0 Å². The van der Waals surface area contributed by atoms with E-state index in [4.69, 9.17) is 0 Å². The fraction of sp³-hybridized carbons (Fsp3) is 0.350. The van der Waals surface area contributed by atoms with Gasteiger partial charge in [-0.15, -0.1) is 0 Å². The van der Waals surface area contributed by atoms with Gasteiger partial charge in [0.15, 0.2) is 0 Å². The van der Waals surface area contributed by atoms with Crippen LogP contribution >= 0.6 is 0 Å². The first-order valence-electron chi connectivity index (χ1n) is 8.84. The number of carbonyl (C=O) groups is 1. The Morgan fingerprint density at radius 2 is 1.59 bits per heavy atom. The molecule has 0 saturated heterocycles. The molecule has 2 rings (SSSR count). The number of benzene rings is 2. The van der Waals surface area contributed by atoms with E-state index in [1.165, 1.54) is 24.3 Å². The molecule has 146 valence electrons. The van der Waals surface area contributed by atoms with Gasteiger partial charge < -0.3 is 5.32 Å². The molecule has 0 unspecified atom stereocenters. The van der Waals surface area contributed by atoms with E-state index in [0.717, 1.165) is 40.2 Å². The van der Waals surface area contributed by atoms with Gasteiger partial charge in [0.1, 0.15) is 5.82 Å². The van der Waals surface area contributed by atoms with Crippen LogP contribution in [0.3, 0.4) is 0 Å².